The standard InChI is InChI=1S/C13H9F2N3S2/c1-16-11-7(14)6-8(15)12(18-11)20-13-17-9-4-2-3-5-10(9)19-13/h2-6H,1H3,(H,16,18). The molecule has 0 amide bonds. The molecule has 102 valence electrons. The maximum atomic E-state index is 13.7. The highest BCUT2D eigenvalue weighted by Gasteiger charge is 2.14. The van der Waals surface area contributed by atoms with Gasteiger partial charge in [-0.1, -0.05) is 12.1 Å². The van der Waals surface area contributed by atoms with Gasteiger partial charge in [0.05, 0.1) is 10.2 Å². The fraction of sp³-hybridized carbons (Fsp3) is 0.0769. The van der Waals surface area contributed by atoms with E-state index < -0.39 is 11.6 Å². The van der Waals surface area contributed by atoms with Crippen molar-refractivity contribution in [1.82, 2.24) is 9.97 Å². The lowest BCUT2D eigenvalue weighted by molar-refractivity contribution is 0.551. The first-order chi connectivity index (χ1) is 9.67. The number of anilines is 1. The first-order valence-corrected chi connectivity index (χ1v) is 7.38. The largest absolute Gasteiger partial charge is 0.371 e. The maximum Gasteiger partial charge on any atom is 0.168 e. The van der Waals surface area contributed by atoms with Crippen molar-refractivity contribution in [1.29, 1.82) is 0 Å². The van der Waals surface area contributed by atoms with E-state index >= 15 is 0 Å². The average molecular weight is 309 g/mol. The second-order valence-electron chi connectivity index (χ2n) is 3.91. The SMILES string of the molecule is CNc1nc(Sc2nc3ccccc3s2)c(F)cc1F. The van der Waals surface area contributed by atoms with Crippen molar-refractivity contribution in [2.24, 2.45) is 0 Å². The highest BCUT2D eigenvalue weighted by molar-refractivity contribution is 8.01. The van der Waals surface area contributed by atoms with Crippen LogP contribution in [-0.2, 0) is 0 Å². The van der Waals surface area contributed by atoms with Crippen LogP contribution in [-0.4, -0.2) is 17.0 Å². The molecule has 0 unspecified atom stereocenters. The van der Waals surface area contributed by atoms with E-state index in [-0.39, 0.29) is 10.8 Å². The number of pyridine rings is 1. The van der Waals surface area contributed by atoms with E-state index in [1.807, 2.05) is 24.3 Å². The van der Waals surface area contributed by atoms with E-state index in [4.69, 9.17) is 0 Å². The van der Waals surface area contributed by atoms with Gasteiger partial charge in [0.15, 0.2) is 21.8 Å². The number of hydrogen-bond donors (Lipinski definition) is 1. The van der Waals surface area contributed by atoms with Crippen LogP contribution >= 0.6 is 23.1 Å². The predicted molar refractivity (Wildman–Crippen MR) is 77.4 cm³/mol. The summed E-state index contributed by atoms with van der Waals surface area (Å²) in [5, 5.41) is 2.70. The molecule has 7 heteroatoms. The van der Waals surface area contributed by atoms with Crippen molar-refractivity contribution in [3.8, 4) is 0 Å². The van der Waals surface area contributed by atoms with Crippen molar-refractivity contribution in [3.05, 3.63) is 42.0 Å². The van der Waals surface area contributed by atoms with Crippen LogP contribution in [0.2, 0.25) is 0 Å². The number of halogens is 2. The van der Waals surface area contributed by atoms with Crippen LogP contribution in [0, 0.1) is 11.6 Å². The molecule has 3 rings (SSSR count). The molecule has 0 saturated carbocycles. The van der Waals surface area contributed by atoms with Gasteiger partial charge in [-0.05, 0) is 23.9 Å². The van der Waals surface area contributed by atoms with Gasteiger partial charge in [-0.25, -0.2) is 18.7 Å². The Bertz CT molecular complexity index is 740. The van der Waals surface area contributed by atoms with Crippen molar-refractivity contribution >= 4 is 39.1 Å². The van der Waals surface area contributed by atoms with Gasteiger partial charge in [0.2, 0.25) is 0 Å². The smallest absolute Gasteiger partial charge is 0.168 e. The molecule has 0 fully saturated rings. The third-order valence-corrected chi connectivity index (χ3v) is 4.67. The summed E-state index contributed by atoms with van der Waals surface area (Å²) in [6, 6.07) is 8.49. The monoisotopic (exact) mass is 309 g/mol. The number of para-hydroxylation sites is 1. The van der Waals surface area contributed by atoms with E-state index in [2.05, 4.69) is 15.3 Å². The molecular formula is C13H9F2N3S2. The van der Waals surface area contributed by atoms with Gasteiger partial charge < -0.3 is 5.32 Å². The Labute approximate surface area is 122 Å². The highest BCUT2D eigenvalue weighted by atomic mass is 32.2. The molecule has 3 nitrogen and oxygen atoms in total. The zero-order valence-electron chi connectivity index (χ0n) is 10.4. The molecule has 0 aliphatic rings. The van der Waals surface area contributed by atoms with Crippen molar-refractivity contribution in [2.75, 3.05) is 12.4 Å². The first kappa shape index (κ1) is 13.3. The van der Waals surface area contributed by atoms with Crippen LogP contribution in [0.15, 0.2) is 39.7 Å². The topological polar surface area (TPSA) is 37.8 Å². The molecular weight excluding hydrogens is 300 g/mol. The quantitative estimate of drug-likeness (QED) is 0.788. The normalized spacial score (nSPS) is 10.9. The lowest BCUT2D eigenvalue weighted by atomic mass is 10.3. The third-order valence-electron chi connectivity index (χ3n) is 2.59. The Kier molecular flexibility index (Phi) is 3.54. The number of aromatic nitrogens is 2. The lowest BCUT2D eigenvalue weighted by Gasteiger charge is -2.04. The van der Waals surface area contributed by atoms with E-state index in [1.165, 1.54) is 18.4 Å². The van der Waals surface area contributed by atoms with E-state index in [9.17, 15) is 8.78 Å². The second kappa shape index (κ2) is 5.34. The minimum Gasteiger partial charge on any atom is -0.371 e. The van der Waals surface area contributed by atoms with Gasteiger partial charge in [0, 0.05) is 13.1 Å². The Morgan fingerprint density at radius 1 is 1.15 bits per heavy atom. The van der Waals surface area contributed by atoms with Crippen LogP contribution in [0.1, 0.15) is 0 Å². The molecule has 0 aliphatic heterocycles. The number of benzene rings is 1. The van der Waals surface area contributed by atoms with E-state index in [0.29, 0.717) is 4.34 Å². The number of nitrogens with zero attached hydrogens (tertiary/aromatic N) is 2. The Morgan fingerprint density at radius 2 is 1.95 bits per heavy atom. The van der Waals surface area contributed by atoms with Gasteiger partial charge in [-0.15, -0.1) is 11.3 Å². The molecule has 0 atom stereocenters. The zero-order valence-corrected chi connectivity index (χ0v) is 12.0. The fourth-order valence-corrected chi connectivity index (χ4v) is 3.65. The fourth-order valence-electron chi connectivity index (χ4n) is 1.67. The summed E-state index contributed by atoms with van der Waals surface area (Å²) in [7, 11) is 1.54. The molecule has 0 bridgehead atoms. The van der Waals surface area contributed by atoms with Crippen molar-refractivity contribution in [3.63, 3.8) is 0 Å². The van der Waals surface area contributed by atoms with Crippen LogP contribution in [0.4, 0.5) is 14.6 Å². The molecule has 1 N–H and O–H groups in total. The van der Waals surface area contributed by atoms with Gasteiger partial charge in [-0.3, -0.25) is 0 Å². The van der Waals surface area contributed by atoms with Crippen LogP contribution in [0.3, 0.4) is 0 Å². The van der Waals surface area contributed by atoms with Crippen molar-refractivity contribution in [2.45, 2.75) is 9.37 Å². The zero-order chi connectivity index (χ0) is 14.1. The number of thiazole rings is 1. The number of rotatable bonds is 3. The molecule has 0 spiro atoms. The summed E-state index contributed by atoms with van der Waals surface area (Å²) in [5.41, 5.74) is 0.858. The molecule has 2 aromatic heterocycles. The maximum absolute atomic E-state index is 13.7. The Balaban J connectivity index is 1.98. The van der Waals surface area contributed by atoms with Crippen LogP contribution in [0.5, 0.6) is 0 Å². The molecule has 2 heterocycles. The number of nitrogens with one attached hydrogen (secondary N) is 1. The lowest BCUT2D eigenvalue weighted by Crippen LogP contribution is -1.99. The van der Waals surface area contributed by atoms with Crippen LogP contribution < -0.4 is 5.32 Å². The highest BCUT2D eigenvalue weighted by Crippen LogP contribution is 2.35. The summed E-state index contributed by atoms with van der Waals surface area (Å²) in [6.07, 6.45) is 0. The first-order valence-electron chi connectivity index (χ1n) is 5.74. The van der Waals surface area contributed by atoms with E-state index in [1.54, 1.807) is 0 Å². The summed E-state index contributed by atoms with van der Waals surface area (Å²) >= 11 is 2.54. The average Bonchev–Trinajstić information content (AvgIpc) is 2.84. The summed E-state index contributed by atoms with van der Waals surface area (Å²) in [4.78, 5) is 8.31. The van der Waals surface area contributed by atoms with Gasteiger partial charge in [0.1, 0.15) is 5.03 Å². The molecule has 0 radical (unpaired) electrons. The number of fused-ring (bicyclic) bond motifs is 1. The molecule has 0 aliphatic carbocycles. The third kappa shape index (κ3) is 2.46. The minimum atomic E-state index is -0.710. The Hall–Kier alpha value is -1.73. The second-order valence-corrected chi connectivity index (χ2v) is 6.17. The van der Waals surface area contributed by atoms with Gasteiger partial charge >= 0.3 is 0 Å². The molecule has 0 saturated heterocycles. The molecule has 3 aromatic rings. The summed E-state index contributed by atoms with van der Waals surface area (Å²) in [6.45, 7) is 0. The van der Waals surface area contributed by atoms with Crippen molar-refractivity contribution < 1.29 is 8.78 Å². The minimum absolute atomic E-state index is 0.0232. The summed E-state index contributed by atoms with van der Waals surface area (Å²) in [5.74, 6) is -1.38. The van der Waals surface area contributed by atoms with E-state index in [0.717, 1.165) is 28.0 Å². The summed E-state index contributed by atoms with van der Waals surface area (Å²) < 4.78 is 28.8. The van der Waals surface area contributed by atoms with Gasteiger partial charge in [-0.2, -0.15) is 0 Å². The molecule has 1 aromatic carbocycles. The van der Waals surface area contributed by atoms with Gasteiger partial charge in [0.25, 0.3) is 0 Å². The number of hydrogen-bond acceptors (Lipinski definition) is 5. The molecule has 20 heavy (non-hydrogen) atoms. The Morgan fingerprint density at radius 3 is 2.70 bits per heavy atom. The predicted octanol–water partition coefficient (Wildman–Crippen LogP) is 4.16. The van der Waals surface area contributed by atoms with Crippen LogP contribution in [0.25, 0.3) is 10.2 Å².